The second kappa shape index (κ2) is 17.5. The number of likely N-dealkylation sites (tertiary alicyclic amines) is 1. The van der Waals surface area contributed by atoms with Crippen molar-refractivity contribution in [2.45, 2.75) is 46.1 Å². The third-order valence-corrected chi connectivity index (χ3v) is 8.40. The zero-order chi connectivity index (χ0) is 34.6. The molecule has 11 nitrogen and oxygen atoms in total. The van der Waals surface area contributed by atoms with Gasteiger partial charge in [0.15, 0.2) is 11.6 Å². The highest BCUT2D eigenvalue weighted by atomic mass is 35.5. The summed E-state index contributed by atoms with van der Waals surface area (Å²) < 4.78 is 26.8. The highest BCUT2D eigenvalue weighted by Gasteiger charge is 2.20. The van der Waals surface area contributed by atoms with Crippen LogP contribution in [0, 0.1) is 5.82 Å². The average molecular weight is 690 g/mol. The molecule has 258 valence electrons. The Morgan fingerprint density at radius 3 is 2.51 bits per heavy atom. The number of hydrogen-bond donors (Lipinski definition) is 2. The van der Waals surface area contributed by atoms with Gasteiger partial charge >= 0.3 is 0 Å². The van der Waals surface area contributed by atoms with E-state index in [2.05, 4.69) is 30.5 Å². The van der Waals surface area contributed by atoms with Crippen LogP contribution in [-0.4, -0.2) is 75.9 Å². The minimum atomic E-state index is -0.531. The standard InChI is InChI=1S/C36H41ClFN7O4/c1-3-45(4-2)35(47)25-12-14-31(29(37)21-25)49-34-28(33(46)40-23-27-11-6-7-16-39-27)24-41-36(43-34)42-26-13-15-32(30(38)22-26)48-20-10-19-44-17-8-5-9-18-44/h6-7,11-16,21-22,24H,3-5,8-10,17-20,23H2,1-2H3,(H,40,46)(H,41,42,43). The van der Waals surface area contributed by atoms with Crippen LogP contribution in [0.15, 0.2) is 67.0 Å². The monoisotopic (exact) mass is 689 g/mol. The number of ether oxygens (including phenoxy) is 2. The molecule has 0 radical (unpaired) electrons. The van der Waals surface area contributed by atoms with E-state index in [9.17, 15) is 14.0 Å². The van der Waals surface area contributed by atoms with Crippen LogP contribution in [0.1, 0.15) is 65.9 Å². The van der Waals surface area contributed by atoms with Crippen molar-refractivity contribution in [1.29, 1.82) is 0 Å². The molecular formula is C36H41ClFN7O4. The Bertz CT molecular complexity index is 1720. The van der Waals surface area contributed by atoms with Gasteiger partial charge < -0.3 is 29.9 Å². The fourth-order valence-corrected chi connectivity index (χ4v) is 5.64. The molecule has 2 N–H and O–H groups in total. The van der Waals surface area contributed by atoms with E-state index < -0.39 is 11.7 Å². The second-order valence-electron chi connectivity index (χ2n) is 11.5. The molecule has 0 spiro atoms. The molecule has 5 rings (SSSR count). The van der Waals surface area contributed by atoms with Crippen LogP contribution in [0.25, 0.3) is 0 Å². The Morgan fingerprint density at radius 1 is 1.00 bits per heavy atom. The molecule has 1 aliphatic heterocycles. The van der Waals surface area contributed by atoms with Gasteiger partial charge in [-0.3, -0.25) is 14.6 Å². The summed E-state index contributed by atoms with van der Waals surface area (Å²) >= 11 is 6.55. The topological polar surface area (TPSA) is 122 Å². The summed E-state index contributed by atoms with van der Waals surface area (Å²) in [6, 6.07) is 14.5. The van der Waals surface area contributed by atoms with Gasteiger partial charge in [-0.25, -0.2) is 9.37 Å². The minimum absolute atomic E-state index is 0.0281. The first-order chi connectivity index (χ1) is 23.8. The van der Waals surface area contributed by atoms with Crippen LogP contribution >= 0.6 is 11.6 Å². The summed E-state index contributed by atoms with van der Waals surface area (Å²) in [5, 5.41) is 5.92. The molecule has 4 aromatic rings. The maximum atomic E-state index is 15.0. The first-order valence-corrected chi connectivity index (χ1v) is 17.0. The maximum Gasteiger partial charge on any atom is 0.258 e. The Labute approximate surface area is 290 Å². The minimum Gasteiger partial charge on any atom is -0.490 e. The van der Waals surface area contributed by atoms with E-state index in [0.717, 1.165) is 26.1 Å². The summed E-state index contributed by atoms with van der Waals surface area (Å²) in [5.41, 5.74) is 1.45. The predicted molar refractivity (Wildman–Crippen MR) is 186 cm³/mol. The lowest BCUT2D eigenvalue weighted by atomic mass is 10.1. The smallest absolute Gasteiger partial charge is 0.258 e. The van der Waals surface area contributed by atoms with Crippen molar-refractivity contribution in [2.24, 2.45) is 0 Å². The summed E-state index contributed by atoms with van der Waals surface area (Å²) in [6.07, 6.45) is 7.49. The van der Waals surface area contributed by atoms with E-state index in [4.69, 9.17) is 21.1 Å². The normalized spacial score (nSPS) is 13.1. The Morgan fingerprint density at radius 2 is 1.80 bits per heavy atom. The Hall–Kier alpha value is -4.81. The number of piperidine rings is 1. The molecule has 0 unspecified atom stereocenters. The number of halogens is 2. The fourth-order valence-electron chi connectivity index (χ4n) is 5.42. The lowest BCUT2D eigenvalue weighted by Gasteiger charge is -2.26. The quantitative estimate of drug-likeness (QED) is 0.129. The number of carbonyl (C=O) groups excluding carboxylic acids is 2. The highest BCUT2D eigenvalue weighted by molar-refractivity contribution is 6.32. The maximum absolute atomic E-state index is 15.0. The average Bonchev–Trinajstić information content (AvgIpc) is 3.12. The Kier molecular flexibility index (Phi) is 12.7. The number of anilines is 2. The number of aromatic nitrogens is 3. The van der Waals surface area contributed by atoms with Crippen LogP contribution in [-0.2, 0) is 6.54 Å². The summed E-state index contributed by atoms with van der Waals surface area (Å²) in [5.74, 6) is -0.922. The van der Waals surface area contributed by atoms with Crippen LogP contribution in [0.4, 0.5) is 16.0 Å². The van der Waals surface area contributed by atoms with Crippen LogP contribution in [0.2, 0.25) is 5.02 Å². The van der Waals surface area contributed by atoms with Gasteiger partial charge in [-0.1, -0.05) is 24.1 Å². The molecule has 1 fully saturated rings. The number of amides is 2. The number of rotatable bonds is 15. The van der Waals surface area contributed by atoms with Gasteiger partial charge in [0, 0.05) is 49.3 Å². The van der Waals surface area contributed by atoms with Gasteiger partial charge in [0.2, 0.25) is 11.8 Å². The first kappa shape index (κ1) is 35.5. The number of benzene rings is 2. The fraction of sp³-hybridized carbons (Fsp3) is 0.361. The van der Waals surface area contributed by atoms with Gasteiger partial charge in [-0.05, 0) is 88.7 Å². The van der Waals surface area contributed by atoms with Gasteiger partial charge in [-0.15, -0.1) is 0 Å². The van der Waals surface area contributed by atoms with Gasteiger partial charge in [-0.2, -0.15) is 4.98 Å². The number of nitrogens with zero attached hydrogens (tertiary/aromatic N) is 5. The molecule has 2 aromatic heterocycles. The highest BCUT2D eigenvalue weighted by Crippen LogP contribution is 2.32. The van der Waals surface area contributed by atoms with E-state index in [1.165, 1.54) is 37.6 Å². The van der Waals surface area contributed by atoms with Crippen molar-refractivity contribution in [3.63, 3.8) is 0 Å². The van der Waals surface area contributed by atoms with Gasteiger partial charge in [0.25, 0.3) is 11.8 Å². The van der Waals surface area contributed by atoms with Gasteiger partial charge in [0.05, 0.1) is 23.9 Å². The molecule has 0 aliphatic carbocycles. The first-order valence-electron chi connectivity index (χ1n) is 16.6. The third kappa shape index (κ3) is 9.86. The van der Waals surface area contributed by atoms with Crippen molar-refractivity contribution in [3.8, 4) is 17.4 Å². The van der Waals surface area contributed by atoms with Crippen LogP contribution < -0.4 is 20.1 Å². The lowest BCUT2D eigenvalue weighted by molar-refractivity contribution is 0.0772. The molecule has 2 aromatic carbocycles. The van der Waals surface area contributed by atoms with E-state index in [1.54, 1.807) is 47.5 Å². The molecule has 49 heavy (non-hydrogen) atoms. The van der Waals surface area contributed by atoms with Crippen LogP contribution in [0.3, 0.4) is 0 Å². The molecule has 1 saturated heterocycles. The second-order valence-corrected chi connectivity index (χ2v) is 11.9. The van der Waals surface area contributed by atoms with Gasteiger partial charge in [0.1, 0.15) is 11.3 Å². The molecule has 0 bridgehead atoms. The SMILES string of the molecule is CCN(CC)C(=O)c1ccc(Oc2nc(Nc3ccc(OCCCN4CCCCC4)c(F)c3)ncc2C(=O)NCc2ccccn2)c(Cl)c1. The van der Waals surface area contributed by atoms with Crippen LogP contribution in [0.5, 0.6) is 17.4 Å². The summed E-state index contributed by atoms with van der Waals surface area (Å²) in [6.45, 7) is 8.63. The van der Waals surface area contributed by atoms with Crippen molar-refractivity contribution in [3.05, 3.63) is 94.7 Å². The van der Waals surface area contributed by atoms with Crippen molar-refractivity contribution >= 4 is 35.1 Å². The van der Waals surface area contributed by atoms with E-state index in [0.29, 0.717) is 36.6 Å². The van der Waals surface area contributed by atoms with E-state index in [-0.39, 0.29) is 46.4 Å². The molecule has 13 heteroatoms. The number of carbonyl (C=O) groups is 2. The third-order valence-electron chi connectivity index (χ3n) is 8.10. The number of pyridine rings is 1. The molecular weight excluding hydrogens is 649 g/mol. The van der Waals surface area contributed by atoms with E-state index in [1.807, 2.05) is 19.9 Å². The molecule has 0 atom stereocenters. The molecule has 1 aliphatic rings. The lowest BCUT2D eigenvalue weighted by Crippen LogP contribution is -2.31. The predicted octanol–water partition coefficient (Wildman–Crippen LogP) is 6.87. The molecule has 3 heterocycles. The summed E-state index contributed by atoms with van der Waals surface area (Å²) in [7, 11) is 0. The van der Waals surface area contributed by atoms with Crippen molar-refractivity contribution in [2.75, 3.05) is 44.6 Å². The number of nitrogens with one attached hydrogen (secondary N) is 2. The zero-order valence-electron chi connectivity index (χ0n) is 27.8. The molecule has 2 amide bonds. The largest absolute Gasteiger partial charge is 0.490 e. The number of hydrogen-bond acceptors (Lipinski definition) is 9. The van der Waals surface area contributed by atoms with Crippen molar-refractivity contribution in [1.82, 2.24) is 30.1 Å². The van der Waals surface area contributed by atoms with E-state index >= 15 is 0 Å². The Balaban J connectivity index is 1.31. The molecule has 0 saturated carbocycles. The summed E-state index contributed by atoms with van der Waals surface area (Å²) in [4.78, 5) is 43.2. The zero-order valence-corrected chi connectivity index (χ0v) is 28.5. The van der Waals surface area contributed by atoms with Crippen molar-refractivity contribution < 1.29 is 23.5 Å².